The third kappa shape index (κ3) is 3.15. The van der Waals surface area contributed by atoms with Gasteiger partial charge in [0.2, 0.25) is 10.0 Å². The summed E-state index contributed by atoms with van der Waals surface area (Å²) in [5.41, 5.74) is 2.54. The molecule has 1 aromatic heterocycles. The van der Waals surface area contributed by atoms with E-state index in [1.165, 1.54) is 6.07 Å². The van der Waals surface area contributed by atoms with Gasteiger partial charge in [0.15, 0.2) is 0 Å². The zero-order chi connectivity index (χ0) is 14.0. The van der Waals surface area contributed by atoms with Crippen molar-refractivity contribution in [3.8, 4) is 0 Å². The van der Waals surface area contributed by atoms with E-state index >= 15 is 0 Å². The summed E-state index contributed by atoms with van der Waals surface area (Å²) in [6.07, 6.45) is 3.97. The highest BCUT2D eigenvalue weighted by Crippen LogP contribution is 2.22. The molecule has 0 fully saturated rings. The fourth-order valence-corrected chi connectivity index (χ4v) is 2.78. The number of hydrogen-bond acceptors (Lipinski definition) is 3. The first-order valence-electron chi connectivity index (χ1n) is 5.85. The lowest BCUT2D eigenvalue weighted by Crippen LogP contribution is -2.14. The van der Waals surface area contributed by atoms with E-state index in [1.54, 1.807) is 13.0 Å². The van der Waals surface area contributed by atoms with Gasteiger partial charge in [0.05, 0.1) is 4.90 Å². The normalized spacial score (nSPS) is 11.5. The van der Waals surface area contributed by atoms with E-state index in [4.69, 9.17) is 5.14 Å². The Morgan fingerprint density at radius 3 is 2.63 bits per heavy atom. The highest BCUT2D eigenvalue weighted by atomic mass is 32.2. The van der Waals surface area contributed by atoms with Crippen LogP contribution in [0, 0.1) is 6.92 Å². The second-order valence-corrected chi connectivity index (χ2v) is 6.04. The van der Waals surface area contributed by atoms with Crippen molar-refractivity contribution in [3.05, 3.63) is 47.8 Å². The van der Waals surface area contributed by atoms with Crippen LogP contribution in [-0.2, 0) is 23.6 Å². The smallest absolute Gasteiger partial charge is 0.238 e. The highest BCUT2D eigenvalue weighted by molar-refractivity contribution is 7.89. The lowest BCUT2D eigenvalue weighted by atomic mass is 10.2. The van der Waals surface area contributed by atoms with Crippen molar-refractivity contribution in [1.29, 1.82) is 0 Å². The molecular weight excluding hydrogens is 262 g/mol. The van der Waals surface area contributed by atoms with E-state index in [1.807, 2.05) is 36.1 Å². The van der Waals surface area contributed by atoms with Gasteiger partial charge in [-0.2, -0.15) is 0 Å². The monoisotopic (exact) mass is 279 g/mol. The first-order chi connectivity index (χ1) is 8.88. The second-order valence-electron chi connectivity index (χ2n) is 4.51. The maximum Gasteiger partial charge on any atom is 0.238 e. The number of anilines is 1. The van der Waals surface area contributed by atoms with Gasteiger partial charge in [-0.15, -0.1) is 0 Å². The predicted octanol–water partition coefficient (Wildman–Crippen LogP) is 1.59. The fourth-order valence-electron chi connectivity index (χ4n) is 1.98. The van der Waals surface area contributed by atoms with Gasteiger partial charge in [0.25, 0.3) is 0 Å². The molecule has 3 N–H and O–H groups in total. The number of aryl methyl sites for hydroxylation is 1. The number of benzene rings is 1. The largest absolute Gasteiger partial charge is 0.381 e. The minimum absolute atomic E-state index is 0.158. The molecule has 0 spiro atoms. The standard InChI is InChI=1S/C13H17N3O2S/c1-10-12(4-3-5-13(10)19(14,17)18)15-8-11-6-7-16(2)9-11/h3-7,9,15H,8H2,1-2H3,(H2,14,17,18). The molecule has 2 aromatic rings. The SMILES string of the molecule is Cc1c(NCc2ccn(C)c2)cccc1S(N)(=O)=O. The van der Waals surface area contributed by atoms with Gasteiger partial charge in [0, 0.05) is 31.7 Å². The maximum atomic E-state index is 11.4. The summed E-state index contributed by atoms with van der Waals surface area (Å²) in [4.78, 5) is 0.158. The Balaban J connectivity index is 2.22. The summed E-state index contributed by atoms with van der Waals surface area (Å²) in [5.74, 6) is 0. The highest BCUT2D eigenvalue weighted by Gasteiger charge is 2.13. The molecule has 2 rings (SSSR count). The number of aromatic nitrogens is 1. The number of rotatable bonds is 4. The van der Waals surface area contributed by atoms with Crippen LogP contribution in [0.3, 0.4) is 0 Å². The van der Waals surface area contributed by atoms with Crippen molar-refractivity contribution in [3.63, 3.8) is 0 Å². The molecule has 0 saturated heterocycles. The van der Waals surface area contributed by atoms with E-state index in [0.29, 0.717) is 12.1 Å². The zero-order valence-electron chi connectivity index (χ0n) is 10.9. The molecule has 6 heteroatoms. The van der Waals surface area contributed by atoms with Crippen LogP contribution in [0.4, 0.5) is 5.69 Å². The van der Waals surface area contributed by atoms with Crippen LogP contribution in [0.2, 0.25) is 0 Å². The van der Waals surface area contributed by atoms with Gasteiger partial charge in [-0.05, 0) is 36.2 Å². The molecule has 0 aliphatic heterocycles. The first-order valence-corrected chi connectivity index (χ1v) is 7.39. The molecule has 0 unspecified atom stereocenters. The lowest BCUT2D eigenvalue weighted by molar-refractivity contribution is 0.597. The summed E-state index contributed by atoms with van der Waals surface area (Å²) in [6.45, 7) is 2.38. The van der Waals surface area contributed by atoms with E-state index in [-0.39, 0.29) is 4.90 Å². The second kappa shape index (κ2) is 5.07. The van der Waals surface area contributed by atoms with Crippen molar-refractivity contribution in [1.82, 2.24) is 4.57 Å². The van der Waals surface area contributed by atoms with E-state index in [0.717, 1.165) is 11.3 Å². The summed E-state index contributed by atoms with van der Waals surface area (Å²) in [5, 5.41) is 8.40. The lowest BCUT2D eigenvalue weighted by Gasteiger charge is -2.11. The van der Waals surface area contributed by atoms with Crippen molar-refractivity contribution in [2.24, 2.45) is 12.2 Å². The minimum Gasteiger partial charge on any atom is -0.381 e. The molecule has 1 aromatic carbocycles. The summed E-state index contributed by atoms with van der Waals surface area (Å²) in [6, 6.07) is 7.04. The summed E-state index contributed by atoms with van der Waals surface area (Å²) >= 11 is 0. The third-order valence-corrected chi connectivity index (χ3v) is 4.02. The van der Waals surface area contributed by atoms with Crippen LogP contribution in [0.25, 0.3) is 0 Å². The maximum absolute atomic E-state index is 11.4. The van der Waals surface area contributed by atoms with Crippen molar-refractivity contribution < 1.29 is 8.42 Å². The van der Waals surface area contributed by atoms with E-state index in [9.17, 15) is 8.42 Å². The van der Waals surface area contributed by atoms with Crippen LogP contribution in [0.5, 0.6) is 0 Å². The quantitative estimate of drug-likeness (QED) is 0.892. The Kier molecular flexibility index (Phi) is 3.64. The number of primary sulfonamides is 1. The molecular formula is C13H17N3O2S. The topological polar surface area (TPSA) is 77.1 Å². The zero-order valence-corrected chi connectivity index (χ0v) is 11.7. The van der Waals surface area contributed by atoms with Gasteiger partial charge in [-0.1, -0.05) is 6.07 Å². The van der Waals surface area contributed by atoms with Crippen LogP contribution in [-0.4, -0.2) is 13.0 Å². The molecule has 1 heterocycles. The van der Waals surface area contributed by atoms with Crippen LogP contribution in [0.1, 0.15) is 11.1 Å². The van der Waals surface area contributed by atoms with Crippen molar-refractivity contribution in [2.45, 2.75) is 18.4 Å². The molecule has 102 valence electrons. The molecule has 0 amide bonds. The van der Waals surface area contributed by atoms with Gasteiger partial charge in [-0.25, -0.2) is 13.6 Å². The fraction of sp³-hybridized carbons (Fsp3) is 0.231. The molecule has 0 radical (unpaired) electrons. The average Bonchev–Trinajstić information content (AvgIpc) is 2.72. The molecule has 5 nitrogen and oxygen atoms in total. The minimum atomic E-state index is -3.68. The number of nitrogens with one attached hydrogen (secondary N) is 1. The third-order valence-electron chi connectivity index (χ3n) is 2.97. The summed E-state index contributed by atoms with van der Waals surface area (Å²) in [7, 11) is -1.72. The number of hydrogen-bond donors (Lipinski definition) is 2. The van der Waals surface area contributed by atoms with Crippen LogP contribution >= 0.6 is 0 Å². The molecule has 0 aliphatic carbocycles. The van der Waals surface area contributed by atoms with Crippen LogP contribution in [0.15, 0.2) is 41.6 Å². The molecule has 0 bridgehead atoms. The van der Waals surface area contributed by atoms with E-state index < -0.39 is 10.0 Å². The van der Waals surface area contributed by atoms with Gasteiger partial charge in [-0.3, -0.25) is 0 Å². The molecule has 0 aliphatic rings. The number of sulfonamides is 1. The Morgan fingerprint density at radius 1 is 1.32 bits per heavy atom. The van der Waals surface area contributed by atoms with E-state index in [2.05, 4.69) is 5.32 Å². The Morgan fingerprint density at radius 2 is 2.05 bits per heavy atom. The van der Waals surface area contributed by atoms with Gasteiger partial charge < -0.3 is 9.88 Å². The molecule has 0 saturated carbocycles. The average molecular weight is 279 g/mol. The Labute approximate surface area is 113 Å². The van der Waals surface area contributed by atoms with Gasteiger partial charge >= 0.3 is 0 Å². The first kappa shape index (κ1) is 13.6. The molecule has 19 heavy (non-hydrogen) atoms. The number of nitrogens with two attached hydrogens (primary N) is 1. The van der Waals surface area contributed by atoms with Crippen molar-refractivity contribution >= 4 is 15.7 Å². The Bertz CT molecular complexity index is 690. The van der Waals surface area contributed by atoms with Crippen LogP contribution < -0.4 is 10.5 Å². The number of nitrogens with zero attached hydrogens (tertiary/aromatic N) is 1. The molecule has 0 atom stereocenters. The Hall–Kier alpha value is -1.79. The predicted molar refractivity (Wildman–Crippen MR) is 75.3 cm³/mol. The van der Waals surface area contributed by atoms with Crippen molar-refractivity contribution in [2.75, 3.05) is 5.32 Å². The van der Waals surface area contributed by atoms with Gasteiger partial charge in [0.1, 0.15) is 0 Å². The summed E-state index contributed by atoms with van der Waals surface area (Å²) < 4.78 is 24.8.